The van der Waals surface area contributed by atoms with Crippen molar-refractivity contribution in [1.29, 1.82) is 0 Å². The Kier molecular flexibility index (Phi) is 8.17. The van der Waals surface area contributed by atoms with Crippen LogP contribution in [-0.4, -0.2) is 77.5 Å². The fraction of sp³-hybridized carbons (Fsp3) is 0.433. The number of hydrogen-bond donors (Lipinski definition) is 3. The number of piperidine rings is 1. The van der Waals surface area contributed by atoms with Gasteiger partial charge in [0.2, 0.25) is 5.91 Å². The van der Waals surface area contributed by atoms with Crippen LogP contribution < -0.4 is 24.6 Å². The molecule has 2 aromatic heterocycles. The first-order valence-corrected chi connectivity index (χ1v) is 13.9. The van der Waals surface area contributed by atoms with Gasteiger partial charge in [0.1, 0.15) is 35.2 Å². The number of hydrogen-bond acceptors (Lipinski definition) is 10. The number of carbonyl (C=O) groups excluding carboxylic acids is 1. The number of aromatic nitrogens is 3. The molecule has 0 unspecified atom stereocenters. The molecule has 1 aromatic carbocycles. The third-order valence-electron chi connectivity index (χ3n) is 8.04. The van der Waals surface area contributed by atoms with Crippen LogP contribution in [-0.2, 0) is 16.8 Å². The van der Waals surface area contributed by atoms with E-state index in [9.17, 15) is 19.8 Å². The predicted octanol–water partition coefficient (Wildman–Crippen LogP) is 3.20. The third kappa shape index (κ3) is 5.29. The van der Waals surface area contributed by atoms with E-state index >= 15 is 0 Å². The standard InChI is InChI=1S/C30H36N6O6/c1-30(2)24-26(32-17-33-27(24)36(29(30)40)16-19-5-6-20(41-3)15-23(19)42-4)35-12-9-18(10-13-35)25-21(31-11-14-37)7-8-22(34-25)28(38)39/h5-8,15,17-18,31,37H,9-14,16H2,1-4H3,(H,38,39). The minimum atomic E-state index is -1.08. The van der Waals surface area contributed by atoms with E-state index in [0.29, 0.717) is 55.5 Å². The number of nitrogens with zero attached hydrogens (tertiary/aromatic N) is 5. The highest BCUT2D eigenvalue weighted by Crippen LogP contribution is 2.46. The van der Waals surface area contributed by atoms with Crippen LogP contribution in [0.2, 0.25) is 0 Å². The Morgan fingerprint density at radius 3 is 2.50 bits per heavy atom. The number of carboxylic acids is 1. The lowest BCUT2D eigenvalue weighted by Crippen LogP contribution is -2.38. The Morgan fingerprint density at radius 2 is 1.83 bits per heavy atom. The fourth-order valence-corrected chi connectivity index (χ4v) is 5.82. The zero-order valence-corrected chi connectivity index (χ0v) is 24.3. The number of fused-ring (bicyclic) bond motifs is 1. The van der Waals surface area contributed by atoms with Gasteiger partial charge in [-0.1, -0.05) is 0 Å². The second-order valence-electron chi connectivity index (χ2n) is 10.9. The Hall–Kier alpha value is -4.45. The second kappa shape index (κ2) is 11.8. The molecule has 1 saturated heterocycles. The number of rotatable bonds is 10. The van der Waals surface area contributed by atoms with Crippen molar-refractivity contribution < 1.29 is 29.3 Å². The molecule has 2 aliphatic rings. The van der Waals surface area contributed by atoms with Crippen LogP contribution in [0.5, 0.6) is 11.5 Å². The number of aliphatic hydroxyl groups is 1. The molecule has 1 fully saturated rings. The summed E-state index contributed by atoms with van der Waals surface area (Å²) in [6, 6.07) is 8.71. The van der Waals surface area contributed by atoms with Crippen molar-refractivity contribution >= 4 is 29.2 Å². The van der Waals surface area contributed by atoms with Gasteiger partial charge in [0.15, 0.2) is 0 Å². The quantitative estimate of drug-likeness (QED) is 0.326. The summed E-state index contributed by atoms with van der Waals surface area (Å²) in [7, 11) is 3.18. The molecule has 42 heavy (non-hydrogen) atoms. The zero-order valence-electron chi connectivity index (χ0n) is 24.3. The van der Waals surface area contributed by atoms with E-state index in [1.165, 1.54) is 12.4 Å². The maximum atomic E-state index is 13.8. The van der Waals surface area contributed by atoms with Crippen molar-refractivity contribution in [2.75, 3.05) is 55.6 Å². The van der Waals surface area contributed by atoms with Crippen LogP contribution in [0.4, 0.5) is 17.3 Å². The summed E-state index contributed by atoms with van der Waals surface area (Å²) < 4.78 is 10.9. The largest absolute Gasteiger partial charge is 0.497 e. The van der Waals surface area contributed by atoms with Crippen molar-refractivity contribution in [3.8, 4) is 11.5 Å². The molecule has 12 nitrogen and oxygen atoms in total. The number of benzene rings is 1. The number of aromatic carboxylic acids is 1. The van der Waals surface area contributed by atoms with Crippen molar-refractivity contribution in [2.24, 2.45) is 0 Å². The van der Waals surface area contributed by atoms with Gasteiger partial charge in [0, 0.05) is 37.2 Å². The van der Waals surface area contributed by atoms with Crippen LogP contribution in [0.15, 0.2) is 36.7 Å². The monoisotopic (exact) mass is 576 g/mol. The summed E-state index contributed by atoms with van der Waals surface area (Å²) >= 11 is 0. The maximum absolute atomic E-state index is 13.8. The number of pyridine rings is 1. The molecule has 3 N–H and O–H groups in total. The fourth-order valence-electron chi connectivity index (χ4n) is 5.82. The molecule has 3 aromatic rings. The number of amides is 1. The molecule has 5 rings (SSSR count). The van der Waals surface area contributed by atoms with Crippen molar-refractivity contribution in [3.05, 3.63) is 59.2 Å². The molecule has 0 saturated carbocycles. The average molecular weight is 577 g/mol. The number of carboxylic acid groups (broad SMARTS) is 1. The van der Waals surface area contributed by atoms with Gasteiger partial charge in [-0.25, -0.2) is 19.7 Å². The van der Waals surface area contributed by atoms with Crippen molar-refractivity contribution in [2.45, 2.75) is 44.6 Å². The van der Waals surface area contributed by atoms with Crippen LogP contribution in [0.3, 0.4) is 0 Å². The average Bonchev–Trinajstić information content (AvgIpc) is 3.20. The molecule has 0 radical (unpaired) electrons. The predicted molar refractivity (Wildman–Crippen MR) is 157 cm³/mol. The van der Waals surface area contributed by atoms with Crippen LogP contribution in [0, 0.1) is 0 Å². The molecule has 12 heteroatoms. The van der Waals surface area contributed by atoms with E-state index in [1.54, 1.807) is 31.3 Å². The molecule has 0 aliphatic carbocycles. The van der Waals surface area contributed by atoms with Gasteiger partial charge in [-0.15, -0.1) is 0 Å². The summed E-state index contributed by atoms with van der Waals surface area (Å²) in [5.41, 5.74) is 2.18. The van der Waals surface area contributed by atoms with Crippen molar-refractivity contribution in [3.63, 3.8) is 0 Å². The molecular formula is C30H36N6O6. The van der Waals surface area contributed by atoms with E-state index in [0.717, 1.165) is 22.6 Å². The number of nitrogens with one attached hydrogen (secondary N) is 1. The Balaban J connectivity index is 1.41. The lowest BCUT2D eigenvalue weighted by molar-refractivity contribution is -0.122. The van der Waals surface area contributed by atoms with Gasteiger partial charge in [-0.3, -0.25) is 9.69 Å². The Labute approximate surface area is 244 Å². The summed E-state index contributed by atoms with van der Waals surface area (Å²) in [6.45, 7) is 5.67. The first-order valence-electron chi connectivity index (χ1n) is 13.9. The first-order chi connectivity index (χ1) is 20.2. The molecule has 4 heterocycles. The van der Waals surface area contributed by atoms with E-state index < -0.39 is 11.4 Å². The Bertz CT molecular complexity index is 1490. The number of anilines is 3. The highest BCUT2D eigenvalue weighted by atomic mass is 16.5. The normalized spacial score (nSPS) is 16.4. The molecule has 0 spiro atoms. The smallest absolute Gasteiger partial charge is 0.354 e. The maximum Gasteiger partial charge on any atom is 0.354 e. The summed E-state index contributed by atoms with van der Waals surface area (Å²) in [5, 5.41) is 21.9. The number of ether oxygens (including phenoxy) is 2. The summed E-state index contributed by atoms with van der Waals surface area (Å²) in [5.74, 6) is 1.47. The second-order valence-corrected chi connectivity index (χ2v) is 10.9. The van der Waals surface area contributed by atoms with E-state index in [-0.39, 0.29) is 30.7 Å². The van der Waals surface area contributed by atoms with Gasteiger partial charge < -0.3 is 29.9 Å². The van der Waals surface area contributed by atoms with E-state index in [4.69, 9.17) is 9.47 Å². The first kappa shape index (κ1) is 29.1. The summed E-state index contributed by atoms with van der Waals surface area (Å²) in [4.78, 5) is 42.9. The molecule has 0 bridgehead atoms. The van der Waals surface area contributed by atoms with Gasteiger partial charge >= 0.3 is 5.97 Å². The highest BCUT2D eigenvalue weighted by molar-refractivity contribution is 6.08. The Morgan fingerprint density at radius 1 is 1.10 bits per heavy atom. The molecule has 0 atom stereocenters. The van der Waals surface area contributed by atoms with Crippen LogP contribution in [0.25, 0.3) is 0 Å². The van der Waals surface area contributed by atoms with Crippen molar-refractivity contribution in [1.82, 2.24) is 15.0 Å². The number of aliphatic hydroxyl groups excluding tert-OH is 1. The zero-order chi connectivity index (χ0) is 30.0. The number of carbonyl (C=O) groups is 2. The molecule has 222 valence electrons. The third-order valence-corrected chi connectivity index (χ3v) is 8.04. The highest BCUT2D eigenvalue weighted by Gasteiger charge is 2.48. The SMILES string of the molecule is COc1ccc(CN2C(=O)C(C)(C)c3c(N4CCC(c5nc(C(=O)O)ccc5NCCO)CC4)ncnc32)c(OC)c1. The summed E-state index contributed by atoms with van der Waals surface area (Å²) in [6.07, 6.45) is 2.93. The lowest BCUT2D eigenvalue weighted by Gasteiger charge is -2.35. The minimum absolute atomic E-state index is 0.00978. The van der Waals surface area contributed by atoms with Crippen LogP contribution in [0.1, 0.15) is 59.9 Å². The van der Waals surface area contributed by atoms with Gasteiger partial charge in [0.25, 0.3) is 0 Å². The van der Waals surface area contributed by atoms with Gasteiger partial charge in [0.05, 0.1) is 49.7 Å². The minimum Gasteiger partial charge on any atom is -0.497 e. The lowest BCUT2D eigenvalue weighted by atomic mass is 9.86. The van der Waals surface area contributed by atoms with E-state index in [1.807, 2.05) is 26.0 Å². The number of methoxy groups -OCH3 is 2. The van der Waals surface area contributed by atoms with Gasteiger partial charge in [-0.2, -0.15) is 0 Å². The topological polar surface area (TPSA) is 150 Å². The molecule has 2 aliphatic heterocycles. The molecule has 1 amide bonds. The van der Waals surface area contributed by atoms with Crippen LogP contribution >= 0.6 is 0 Å². The van der Waals surface area contributed by atoms with E-state index in [2.05, 4.69) is 25.2 Å². The molecular weight excluding hydrogens is 540 g/mol. The van der Waals surface area contributed by atoms with Gasteiger partial charge in [-0.05, 0) is 51.0 Å².